The Balaban J connectivity index is 1.77. The maximum Gasteiger partial charge on any atom is 0.153 e. The van der Waals surface area contributed by atoms with Gasteiger partial charge in [-0.05, 0) is 24.3 Å². The fourth-order valence-corrected chi connectivity index (χ4v) is 2.32. The molecule has 4 rings (SSSR count). The van der Waals surface area contributed by atoms with Crippen molar-refractivity contribution in [1.82, 2.24) is 19.7 Å². The van der Waals surface area contributed by atoms with E-state index in [4.69, 9.17) is 0 Å². The molecule has 0 amide bonds. The van der Waals surface area contributed by atoms with Gasteiger partial charge in [0.25, 0.3) is 0 Å². The van der Waals surface area contributed by atoms with Crippen molar-refractivity contribution in [3.63, 3.8) is 0 Å². The van der Waals surface area contributed by atoms with Crippen molar-refractivity contribution in [2.24, 2.45) is 0 Å². The molecule has 0 atom stereocenters. The van der Waals surface area contributed by atoms with Crippen LogP contribution >= 0.6 is 0 Å². The van der Waals surface area contributed by atoms with Crippen molar-refractivity contribution in [2.45, 2.75) is 0 Å². The maximum atomic E-state index is 4.49. The first-order valence-corrected chi connectivity index (χ1v) is 6.71. The number of pyridine rings is 2. The van der Waals surface area contributed by atoms with E-state index < -0.39 is 0 Å². The van der Waals surface area contributed by atoms with Gasteiger partial charge in [0.15, 0.2) is 5.82 Å². The lowest BCUT2D eigenvalue weighted by Gasteiger charge is -2.00. The fourth-order valence-electron chi connectivity index (χ4n) is 2.32. The van der Waals surface area contributed by atoms with Crippen molar-refractivity contribution in [2.75, 3.05) is 0 Å². The third-order valence-corrected chi connectivity index (χ3v) is 3.39. The Hall–Kier alpha value is -3.01. The summed E-state index contributed by atoms with van der Waals surface area (Å²) in [6.45, 7) is 0. The number of nitrogens with zero attached hydrogens (tertiary/aromatic N) is 4. The van der Waals surface area contributed by atoms with Gasteiger partial charge >= 0.3 is 0 Å². The van der Waals surface area contributed by atoms with E-state index in [0.717, 1.165) is 27.8 Å². The Morgan fingerprint density at radius 2 is 1.71 bits per heavy atom. The monoisotopic (exact) mass is 272 g/mol. The highest BCUT2D eigenvalue weighted by Gasteiger charge is 2.05. The molecule has 0 unspecified atom stereocenters. The number of hydrogen-bond acceptors (Lipinski definition) is 3. The molecule has 21 heavy (non-hydrogen) atoms. The molecule has 0 N–H and O–H groups in total. The predicted octanol–water partition coefficient (Wildman–Crippen LogP) is 3.48. The molecule has 100 valence electrons. The van der Waals surface area contributed by atoms with E-state index in [0.29, 0.717) is 0 Å². The average Bonchev–Trinajstić information content (AvgIpc) is 3.05. The summed E-state index contributed by atoms with van der Waals surface area (Å²) in [4.78, 5) is 8.78. The van der Waals surface area contributed by atoms with E-state index in [1.807, 2.05) is 55.0 Å². The number of fused-ring (bicyclic) bond motifs is 1. The minimum absolute atomic E-state index is 0.803. The first-order chi connectivity index (χ1) is 10.4. The van der Waals surface area contributed by atoms with Gasteiger partial charge in [0, 0.05) is 35.1 Å². The maximum absolute atomic E-state index is 4.49. The topological polar surface area (TPSA) is 43.6 Å². The second-order valence-electron chi connectivity index (χ2n) is 4.78. The van der Waals surface area contributed by atoms with Crippen molar-refractivity contribution < 1.29 is 0 Å². The summed E-state index contributed by atoms with van der Waals surface area (Å²) < 4.78 is 1.77. The van der Waals surface area contributed by atoms with Crippen LogP contribution in [0.15, 0.2) is 73.3 Å². The van der Waals surface area contributed by atoms with Gasteiger partial charge in [0.05, 0.1) is 11.7 Å². The summed E-state index contributed by atoms with van der Waals surface area (Å²) >= 11 is 0. The molecule has 0 radical (unpaired) electrons. The van der Waals surface area contributed by atoms with Gasteiger partial charge in [-0.3, -0.25) is 4.98 Å². The van der Waals surface area contributed by atoms with Crippen LogP contribution in [0.3, 0.4) is 0 Å². The lowest BCUT2D eigenvalue weighted by Crippen LogP contribution is -1.95. The first kappa shape index (κ1) is 11.8. The molecular weight excluding hydrogens is 260 g/mol. The molecular formula is C17H12N4. The van der Waals surface area contributed by atoms with Gasteiger partial charge in [-0.25, -0.2) is 9.67 Å². The fraction of sp³-hybridized carbons (Fsp3) is 0. The Morgan fingerprint density at radius 1 is 0.810 bits per heavy atom. The summed E-state index contributed by atoms with van der Waals surface area (Å²) in [5, 5.41) is 5.49. The number of hydrogen-bond donors (Lipinski definition) is 0. The van der Waals surface area contributed by atoms with Crippen LogP contribution in [0.1, 0.15) is 0 Å². The van der Waals surface area contributed by atoms with Crippen LogP contribution in [0, 0.1) is 0 Å². The molecule has 0 saturated carbocycles. The van der Waals surface area contributed by atoms with E-state index in [-0.39, 0.29) is 0 Å². The summed E-state index contributed by atoms with van der Waals surface area (Å²) in [5.41, 5.74) is 3.08. The van der Waals surface area contributed by atoms with Crippen LogP contribution in [-0.4, -0.2) is 19.7 Å². The van der Waals surface area contributed by atoms with Gasteiger partial charge in [-0.2, -0.15) is 5.10 Å². The highest BCUT2D eigenvalue weighted by atomic mass is 15.3. The molecule has 4 nitrogen and oxygen atoms in total. The van der Waals surface area contributed by atoms with E-state index in [1.165, 1.54) is 0 Å². The second-order valence-corrected chi connectivity index (χ2v) is 4.78. The third kappa shape index (κ3) is 2.17. The quantitative estimate of drug-likeness (QED) is 0.561. The first-order valence-electron chi connectivity index (χ1n) is 6.71. The Morgan fingerprint density at radius 3 is 2.62 bits per heavy atom. The summed E-state index contributed by atoms with van der Waals surface area (Å²) in [7, 11) is 0. The van der Waals surface area contributed by atoms with E-state index in [9.17, 15) is 0 Å². The smallest absolute Gasteiger partial charge is 0.153 e. The van der Waals surface area contributed by atoms with Crippen molar-refractivity contribution in [3.8, 4) is 16.9 Å². The molecule has 0 aliphatic rings. The molecule has 3 heterocycles. The largest absolute Gasteiger partial charge is 0.256 e. The number of para-hydroxylation sites is 1. The van der Waals surface area contributed by atoms with Crippen LogP contribution in [-0.2, 0) is 0 Å². The van der Waals surface area contributed by atoms with Crippen LogP contribution in [0.5, 0.6) is 0 Å². The zero-order valence-corrected chi connectivity index (χ0v) is 11.2. The molecule has 1 aromatic carbocycles. The molecule has 0 bridgehead atoms. The van der Waals surface area contributed by atoms with E-state index in [2.05, 4.69) is 27.2 Å². The zero-order chi connectivity index (χ0) is 14.1. The average molecular weight is 272 g/mol. The third-order valence-electron chi connectivity index (χ3n) is 3.39. The normalized spacial score (nSPS) is 10.9. The van der Waals surface area contributed by atoms with E-state index >= 15 is 0 Å². The summed E-state index contributed by atoms with van der Waals surface area (Å²) in [6, 6.07) is 16.0. The molecule has 0 saturated heterocycles. The second kappa shape index (κ2) is 4.83. The minimum Gasteiger partial charge on any atom is -0.256 e. The van der Waals surface area contributed by atoms with Crippen LogP contribution < -0.4 is 0 Å². The highest BCUT2D eigenvalue weighted by molar-refractivity contribution is 5.83. The van der Waals surface area contributed by atoms with Gasteiger partial charge in [-0.1, -0.05) is 24.3 Å². The molecule has 4 aromatic rings. The number of rotatable bonds is 2. The lowest BCUT2D eigenvalue weighted by molar-refractivity contribution is 0.847. The SMILES string of the molecule is c1ccc(-n2cc(-c3cnc4ccccc4c3)cn2)nc1. The summed E-state index contributed by atoms with van der Waals surface area (Å²) in [6.07, 6.45) is 7.44. The van der Waals surface area contributed by atoms with Crippen molar-refractivity contribution in [1.29, 1.82) is 0 Å². The number of benzene rings is 1. The van der Waals surface area contributed by atoms with Gasteiger partial charge in [0.2, 0.25) is 0 Å². The molecule has 4 heteroatoms. The predicted molar refractivity (Wildman–Crippen MR) is 82.1 cm³/mol. The Bertz CT molecular complexity index is 897. The summed E-state index contributed by atoms with van der Waals surface area (Å²) in [5.74, 6) is 0.803. The molecule has 3 aromatic heterocycles. The van der Waals surface area contributed by atoms with Gasteiger partial charge in [0.1, 0.15) is 0 Å². The molecule has 0 aliphatic carbocycles. The molecule has 0 spiro atoms. The zero-order valence-electron chi connectivity index (χ0n) is 11.2. The highest BCUT2D eigenvalue weighted by Crippen LogP contribution is 2.22. The van der Waals surface area contributed by atoms with Crippen molar-refractivity contribution in [3.05, 3.63) is 73.3 Å². The van der Waals surface area contributed by atoms with Crippen LogP contribution in [0.25, 0.3) is 27.8 Å². The van der Waals surface area contributed by atoms with Crippen LogP contribution in [0.4, 0.5) is 0 Å². The minimum atomic E-state index is 0.803. The van der Waals surface area contributed by atoms with E-state index in [1.54, 1.807) is 10.9 Å². The standard InChI is InChI=1S/C17H12N4/c1-2-6-16-13(5-1)9-14(10-19-16)15-11-20-21(12-15)17-7-3-4-8-18-17/h1-12H. The van der Waals surface area contributed by atoms with Crippen LogP contribution in [0.2, 0.25) is 0 Å². The van der Waals surface area contributed by atoms with Gasteiger partial charge < -0.3 is 0 Å². The molecule has 0 fully saturated rings. The molecule has 0 aliphatic heterocycles. The van der Waals surface area contributed by atoms with Gasteiger partial charge in [-0.15, -0.1) is 0 Å². The number of aromatic nitrogens is 4. The van der Waals surface area contributed by atoms with Crippen molar-refractivity contribution >= 4 is 10.9 Å². The Labute approximate surface area is 121 Å². The Kier molecular flexibility index (Phi) is 2.71. The lowest BCUT2D eigenvalue weighted by atomic mass is 10.1.